The summed E-state index contributed by atoms with van der Waals surface area (Å²) in [5, 5.41) is 7.00. The van der Waals surface area contributed by atoms with Gasteiger partial charge in [-0.15, -0.1) is 0 Å². The Kier molecular flexibility index (Phi) is 10.2. The fourth-order valence-corrected chi connectivity index (χ4v) is 2.62. The van der Waals surface area contributed by atoms with Gasteiger partial charge in [-0.3, -0.25) is 0 Å². The zero-order valence-electron chi connectivity index (χ0n) is 12.8. The van der Waals surface area contributed by atoms with Gasteiger partial charge < -0.3 is 25.1 Å². The van der Waals surface area contributed by atoms with Crippen molar-refractivity contribution in [2.45, 2.75) is 69.8 Å². The molecule has 5 nitrogen and oxygen atoms in total. The van der Waals surface area contributed by atoms with Gasteiger partial charge in [0.25, 0.3) is 0 Å². The van der Waals surface area contributed by atoms with Crippen LogP contribution in [0.4, 0.5) is 0 Å². The summed E-state index contributed by atoms with van der Waals surface area (Å²) >= 11 is 0. The van der Waals surface area contributed by atoms with Crippen molar-refractivity contribution in [3.8, 4) is 0 Å². The molecule has 0 aromatic rings. The lowest BCUT2D eigenvalue weighted by Crippen LogP contribution is -2.30. The molecule has 1 aliphatic carbocycles. The highest BCUT2D eigenvalue weighted by Crippen LogP contribution is 2.20. The van der Waals surface area contributed by atoms with E-state index in [1.807, 2.05) is 0 Å². The monoisotopic (exact) mass is 289 g/mol. The lowest BCUT2D eigenvalue weighted by molar-refractivity contribution is -0.164. The fourth-order valence-electron chi connectivity index (χ4n) is 2.62. The van der Waals surface area contributed by atoms with Crippen molar-refractivity contribution in [3.63, 3.8) is 0 Å². The Labute approximate surface area is 122 Å². The molecule has 1 unspecified atom stereocenters. The number of aliphatic hydroxyl groups is 1. The molecular weight excluding hydrogens is 258 g/mol. The lowest BCUT2D eigenvalue weighted by Gasteiger charge is -2.26. The minimum Gasteiger partial charge on any atom is -0.400 e. The highest BCUT2D eigenvalue weighted by Gasteiger charge is 2.18. The molecule has 1 saturated heterocycles. The highest BCUT2D eigenvalue weighted by molar-refractivity contribution is 4.74. The Balaban J connectivity index is 0.000000956. The molecule has 2 aliphatic rings. The Morgan fingerprint density at radius 3 is 2.35 bits per heavy atom. The van der Waals surface area contributed by atoms with Crippen LogP contribution in [0.5, 0.6) is 0 Å². The molecule has 0 aromatic carbocycles. The standard InChI is InChI=1S/C14H27NO3.CH4O/c15-12-5-7-13(8-6-12)16-10-3-11-18-14-4-1-2-9-17-14;1-2/h12-14H,1-11,15H2;2H,1H3. The molecule has 1 saturated carbocycles. The van der Waals surface area contributed by atoms with Crippen LogP contribution >= 0.6 is 0 Å². The summed E-state index contributed by atoms with van der Waals surface area (Å²) in [6.07, 6.45) is 9.32. The molecule has 1 atom stereocenters. The van der Waals surface area contributed by atoms with Gasteiger partial charge >= 0.3 is 0 Å². The minimum absolute atomic E-state index is 0.0337. The predicted molar refractivity (Wildman–Crippen MR) is 78.5 cm³/mol. The van der Waals surface area contributed by atoms with E-state index in [0.29, 0.717) is 12.1 Å². The Morgan fingerprint density at radius 2 is 1.70 bits per heavy atom. The van der Waals surface area contributed by atoms with Crippen LogP contribution in [0.15, 0.2) is 0 Å². The van der Waals surface area contributed by atoms with E-state index in [9.17, 15) is 0 Å². The molecule has 0 radical (unpaired) electrons. The first-order chi connectivity index (χ1) is 9.84. The van der Waals surface area contributed by atoms with Crippen molar-refractivity contribution in [2.24, 2.45) is 5.73 Å². The average molecular weight is 289 g/mol. The number of aliphatic hydroxyl groups excluding tert-OH is 1. The van der Waals surface area contributed by atoms with Crippen molar-refractivity contribution < 1.29 is 19.3 Å². The molecule has 2 rings (SSSR count). The average Bonchev–Trinajstić information content (AvgIpc) is 2.52. The number of nitrogens with two attached hydrogens (primary N) is 1. The molecule has 1 aliphatic heterocycles. The maximum atomic E-state index is 7.00. The Bertz CT molecular complexity index is 214. The van der Waals surface area contributed by atoms with E-state index in [2.05, 4.69) is 0 Å². The summed E-state index contributed by atoms with van der Waals surface area (Å²) in [5.74, 6) is 0. The Morgan fingerprint density at radius 1 is 1.00 bits per heavy atom. The lowest BCUT2D eigenvalue weighted by atomic mass is 9.94. The van der Waals surface area contributed by atoms with E-state index in [1.165, 1.54) is 12.8 Å². The van der Waals surface area contributed by atoms with E-state index in [1.54, 1.807) is 0 Å². The van der Waals surface area contributed by atoms with Crippen LogP contribution in [-0.2, 0) is 14.2 Å². The molecular formula is C15H31NO4. The van der Waals surface area contributed by atoms with Crippen LogP contribution in [-0.4, -0.2) is 50.5 Å². The first-order valence-electron chi connectivity index (χ1n) is 7.89. The summed E-state index contributed by atoms with van der Waals surface area (Å²) in [4.78, 5) is 0. The van der Waals surface area contributed by atoms with E-state index in [0.717, 1.165) is 65.5 Å². The van der Waals surface area contributed by atoms with Crippen LogP contribution in [0.25, 0.3) is 0 Å². The maximum absolute atomic E-state index is 7.00. The molecule has 1 heterocycles. The van der Waals surface area contributed by atoms with Gasteiger partial charge in [0.15, 0.2) is 6.29 Å². The van der Waals surface area contributed by atoms with Crippen LogP contribution in [0.2, 0.25) is 0 Å². The normalized spacial score (nSPS) is 30.4. The van der Waals surface area contributed by atoms with Gasteiger partial charge in [-0.25, -0.2) is 0 Å². The first-order valence-corrected chi connectivity index (χ1v) is 7.89. The largest absolute Gasteiger partial charge is 0.400 e. The Hall–Kier alpha value is -0.200. The van der Waals surface area contributed by atoms with Crippen molar-refractivity contribution in [3.05, 3.63) is 0 Å². The molecule has 20 heavy (non-hydrogen) atoms. The van der Waals surface area contributed by atoms with E-state index in [4.69, 9.17) is 25.1 Å². The second-order valence-electron chi connectivity index (χ2n) is 5.43. The summed E-state index contributed by atoms with van der Waals surface area (Å²) in [6.45, 7) is 2.40. The van der Waals surface area contributed by atoms with Crippen LogP contribution in [0, 0.1) is 0 Å². The number of hydrogen-bond acceptors (Lipinski definition) is 5. The summed E-state index contributed by atoms with van der Waals surface area (Å²) in [5.41, 5.74) is 5.87. The van der Waals surface area contributed by atoms with Gasteiger partial charge in [0.1, 0.15) is 0 Å². The van der Waals surface area contributed by atoms with Gasteiger partial charge in [-0.05, 0) is 51.4 Å². The fraction of sp³-hybridized carbons (Fsp3) is 1.00. The molecule has 0 amide bonds. The highest BCUT2D eigenvalue weighted by atomic mass is 16.7. The third-order valence-electron chi connectivity index (χ3n) is 3.80. The quantitative estimate of drug-likeness (QED) is 0.730. The predicted octanol–water partition coefficient (Wildman–Crippen LogP) is 1.81. The van der Waals surface area contributed by atoms with Crippen molar-refractivity contribution in [1.82, 2.24) is 0 Å². The summed E-state index contributed by atoms with van der Waals surface area (Å²) < 4.78 is 17.0. The van der Waals surface area contributed by atoms with Crippen LogP contribution in [0.3, 0.4) is 0 Å². The smallest absolute Gasteiger partial charge is 0.157 e. The van der Waals surface area contributed by atoms with Crippen molar-refractivity contribution in [1.29, 1.82) is 0 Å². The third-order valence-corrected chi connectivity index (χ3v) is 3.80. The van der Waals surface area contributed by atoms with Gasteiger partial charge in [-0.2, -0.15) is 0 Å². The SMILES string of the molecule is CO.NC1CCC(OCCCOC2CCCCO2)CC1. The molecule has 120 valence electrons. The molecule has 2 fully saturated rings. The minimum atomic E-state index is 0.0337. The molecule has 5 heteroatoms. The topological polar surface area (TPSA) is 73.9 Å². The van der Waals surface area contributed by atoms with Gasteiger partial charge in [0.2, 0.25) is 0 Å². The zero-order valence-corrected chi connectivity index (χ0v) is 12.8. The number of hydrogen-bond donors (Lipinski definition) is 2. The van der Waals surface area contributed by atoms with Gasteiger partial charge in [0, 0.05) is 26.4 Å². The molecule has 0 aromatic heterocycles. The van der Waals surface area contributed by atoms with Crippen molar-refractivity contribution >= 4 is 0 Å². The van der Waals surface area contributed by atoms with Crippen LogP contribution in [0.1, 0.15) is 51.4 Å². The summed E-state index contributed by atoms with van der Waals surface area (Å²) in [7, 11) is 1.00. The number of rotatable bonds is 6. The van der Waals surface area contributed by atoms with Crippen LogP contribution < -0.4 is 5.73 Å². The molecule has 3 N–H and O–H groups in total. The third kappa shape index (κ3) is 7.55. The van der Waals surface area contributed by atoms with E-state index >= 15 is 0 Å². The summed E-state index contributed by atoms with van der Waals surface area (Å²) in [6, 6.07) is 0.400. The second kappa shape index (κ2) is 11.5. The zero-order chi connectivity index (χ0) is 14.6. The van der Waals surface area contributed by atoms with Gasteiger partial charge in [0.05, 0.1) is 12.7 Å². The van der Waals surface area contributed by atoms with Gasteiger partial charge in [-0.1, -0.05) is 0 Å². The van der Waals surface area contributed by atoms with Crippen molar-refractivity contribution in [2.75, 3.05) is 26.9 Å². The molecule has 0 bridgehead atoms. The number of ether oxygens (including phenoxy) is 3. The second-order valence-corrected chi connectivity index (χ2v) is 5.43. The van der Waals surface area contributed by atoms with E-state index < -0.39 is 0 Å². The van der Waals surface area contributed by atoms with E-state index in [-0.39, 0.29) is 6.29 Å². The first kappa shape index (κ1) is 17.9. The molecule has 0 spiro atoms. The maximum Gasteiger partial charge on any atom is 0.157 e.